The monoisotopic (exact) mass is 479 g/mol. The van der Waals surface area contributed by atoms with Gasteiger partial charge < -0.3 is 0 Å². The maximum Gasteiger partial charge on any atom is 0.0321 e. The quantitative estimate of drug-likeness (QED) is 0.271. The van der Waals surface area contributed by atoms with Crippen LogP contribution in [-0.2, 0) is 12.8 Å². The van der Waals surface area contributed by atoms with Crippen molar-refractivity contribution in [2.45, 2.75) is 37.0 Å². The molecule has 6 rings (SSSR count). The molecule has 0 aromatic heterocycles. The topological polar surface area (TPSA) is 3.24 Å². The van der Waals surface area contributed by atoms with Gasteiger partial charge in [0.05, 0.1) is 0 Å². The lowest BCUT2D eigenvalue weighted by atomic mass is 10.0. The Balaban J connectivity index is 1.50. The third kappa shape index (κ3) is 4.05. The first kappa shape index (κ1) is 22.2. The number of fused-ring (bicyclic) bond motifs is 2. The first-order chi connectivity index (χ1) is 16.8. The number of hydrogen-bond acceptors (Lipinski definition) is 1. The molecule has 1 fully saturated rings. The van der Waals surface area contributed by atoms with Crippen molar-refractivity contribution in [2.24, 2.45) is 0 Å². The molecule has 0 unspecified atom stereocenters. The average molecular weight is 480 g/mol. The minimum Gasteiger partial charge on any atom is -0.254 e. The van der Waals surface area contributed by atoms with Gasteiger partial charge in [-0.25, -0.2) is 0 Å². The lowest BCUT2D eigenvalue weighted by molar-refractivity contribution is 0.765. The van der Waals surface area contributed by atoms with Gasteiger partial charge in [-0.1, -0.05) is 109 Å². The van der Waals surface area contributed by atoms with Crippen molar-refractivity contribution in [3.05, 3.63) is 131 Å². The van der Waals surface area contributed by atoms with Crippen LogP contribution in [0.5, 0.6) is 0 Å². The molecule has 0 radical (unpaired) electrons. The van der Waals surface area contributed by atoms with E-state index in [-0.39, 0.29) is 0 Å². The maximum atomic E-state index is 2.87. The van der Waals surface area contributed by atoms with E-state index < -0.39 is 16.1 Å². The van der Waals surface area contributed by atoms with E-state index >= 15 is 0 Å². The molecule has 2 aliphatic rings. The first-order valence-corrected chi connectivity index (χ1v) is 15.1. The van der Waals surface area contributed by atoms with E-state index in [1.165, 1.54) is 24.0 Å². The van der Waals surface area contributed by atoms with Crippen molar-refractivity contribution in [1.82, 2.24) is 4.44 Å². The van der Waals surface area contributed by atoms with Crippen molar-refractivity contribution >= 4 is 26.8 Å². The van der Waals surface area contributed by atoms with Gasteiger partial charge in [-0.3, -0.25) is 4.44 Å². The van der Waals surface area contributed by atoms with Crippen molar-refractivity contribution in [1.29, 1.82) is 0 Å². The molecule has 4 aromatic rings. The second kappa shape index (κ2) is 9.75. The summed E-state index contributed by atoms with van der Waals surface area (Å²) in [6.07, 6.45) is 4.82. The number of aryl methyl sites for hydroxylation is 2. The van der Waals surface area contributed by atoms with Crippen LogP contribution in [-0.4, -0.2) is 11.5 Å². The van der Waals surface area contributed by atoms with Crippen LogP contribution in [0, 0.1) is 0 Å². The number of rotatable bonds is 4. The fourth-order valence-electron chi connectivity index (χ4n) is 5.86. The van der Waals surface area contributed by atoms with E-state index in [0.29, 0.717) is 11.3 Å². The molecule has 0 aliphatic carbocycles. The zero-order valence-corrected chi connectivity index (χ0v) is 21.5. The molecule has 2 heterocycles. The Morgan fingerprint density at radius 3 is 1.44 bits per heavy atom. The van der Waals surface area contributed by atoms with Crippen molar-refractivity contribution in [3.63, 3.8) is 0 Å². The molecule has 1 saturated heterocycles. The second-order valence-electron chi connectivity index (χ2n) is 9.37. The molecule has 1 nitrogen and oxygen atoms in total. The SMILES string of the molecule is CN(P1c2ccccc2CCc2ccccc21)P1[C@@H](c2ccccc2)CC[C@@H]1c1ccccc1. The molecule has 0 N–H and O–H groups in total. The van der Waals surface area contributed by atoms with Crippen LogP contribution in [0.25, 0.3) is 0 Å². The summed E-state index contributed by atoms with van der Waals surface area (Å²) in [5, 5.41) is 3.14. The standard InChI is InChI=1S/C31H31NP2/c1-32(33-28-18-10-8-16-26(28)20-21-27-17-9-11-19-29(27)33)34-30(24-12-4-2-5-13-24)22-23-31(34)25-14-6-3-7-15-25/h2-19,30-31H,20-23H2,1H3/t30-,31-/m1/s1. The summed E-state index contributed by atoms with van der Waals surface area (Å²) in [6.45, 7) is 0. The molecule has 34 heavy (non-hydrogen) atoms. The molecule has 3 heteroatoms. The number of nitrogens with zero attached hydrogens (tertiary/aromatic N) is 1. The highest BCUT2D eigenvalue weighted by Crippen LogP contribution is 2.75. The fraction of sp³-hybridized carbons (Fsp3) is 0.226. The predicted octanol–water partition coefficient (Wildman–Crippen LogP) is 7.74. The van der Waals surface area contributed by atoms with Gasteiger partial charge in [0.2, 0.25) is 0 Å². The molecule has 0 spiro atoms. The molecular weight excluding hydrogens is 448 g/mol. The Labute approximate surface area is 206 Å². The molecule has 0 amide bonds. The van der Waals surface area contributed by atoms with Gasteiger partial charge >= 0.3 is 0 Å². The summed E-state index contributed by atoms with van der Waals surface area (Å²) < 4.78 is 2.87. The lowest BCUT2D eigenvalue weighted by Crippen LogP contribution is -2.26. The third-order valence-corrected chi connectivity index (χ3v) is 14.0. The van der Waals surface area contributed by atoms with Crippen molar-refractivity contribution in [3.8, 4) is 0 Å². The van der Waals surface area contributed by atoms with Gasteiger partial charge in [0.1, 0.15) is 0 Å². The largest absolute Gasteiger partial charge is 0.254 e. The predicted molar refractivity (Wildman–Crippen MR) is 149 cm³/mol. The molecule has 0 bridgehead atoms. The van der Waals surface area contributed by atoms with Crippen LogP contribution < -0.4 is 10.6 Å². The highest BCUT2D eigenvalue weighted by molar-refractivity contribution is 7.79. The van der Waals surface area contributed by atoms with E-state index in [1.54, 1.807) is 21.7 Å². The zero-order chi connectivity index (χ0) is 22.9. The summed E-state index contributed by atoms with van der Waals surface area (Å²) in [4.78, 5) is 0. The summed E-state index contributed by atoms with van der Waals surface area (Å²) >= 11 is 0. The minimum atomic E-state index is -0.574. The second-order valence-corrected chi connectivity index (χ2v) is 14.5. The van der Waals surface area contributed by atoms with E-state index in [4.69, 9.17) is 0 Å². The summed E-state index contributed by atoms with van der Waals surface area (Å²) in [5.74, 6) is 0. The Bertz CT molecular complexity index is 1160. The van der Waals surface area contributed by atoms with Crippen LogP contribution in [0.3, 0.4) is 0 Å². The first-order valence-electron chi connectivity index (χ1n) is 12.4. The van der Waals surface area contributed by atoms with Gasteiger partial charge in [0.25, 0.3) is 0 Å². The minimum absolute atomic E-state index is 0.407. The third-order valence-electron chi connectivity index (χ3n) is 7.45. The average Bonchev–Trinajstić information content (AvgIpc) is 3.28. The van der Waals surface area contributed by atoms with E-state index in [0.717, 1.165) is 12.8 Å². The summed E-state index contributed by atoms with van der Waals surface area (Å²) in [5.41, 5.74) is 7.33. The van der Waals surface area contributed by atoms with Crippen LogP contribution >= 0.6 is 16.1 Å². The van der Waals surface area contributed by atoms with Crippen LogP contribution in [0.15, 0.2) is 109 Å². The van der Waals surface area contributed by atoms with Crippen LogP contribution in [0.4, 0.5) is 0 Å². The normalized spacial score (nSPS) is 20.6. The molecule has 170 valence electrons. The zero-order valence-electron chi connectivity index (χ0n) is 19.7. The van der Waals surface area contributed by atoms with Gasteiger partial charge in [-0.15, -0.1) is 0 Å². The Morgan fingerprint density at radius 2 is 0.971 bits per heavy atom. The van der Waals surface area contributed by atoms with Gasteiger partial charge in [-0.05, 0) is 73.7 Å². The van der Waals surface area contributed by atoms with Crippen molar-refractivity contribution < 1.29 is 0 Å². The van der Waals surface area contributed by atoms with Gasteiger partial charge in [0.15, 0.2) is 0 Å². The van der Waals surface area contributed by atoms with E-state index in [1.807, 2.05) is 0 Å². The summed E-state index contributed by atoms with van der Waals surface area (Å²) in [7, 11) is 1.47. The van der Waals surface area contributed by atoms with Crippen molar-refractivity contribution in [2.75, 3.05) is 7.05 Å². The Kier molecular flexibility index (Phi) is 6.36. The molecule has 2 aliphatic heterocycles. The molecular formula is C31H31NP2. The van der Waals surface area contributed by atoms with E-state index in [2.05, 4.69) is 121 Å². The highest BCUT2D eigenvalue weighted by Gasteiger charge is 2.43. The van der Waals surface area contributed by atoms with Crippen LogP contribution in [0.2, 0.25) is 0 Å². The number of benzene rings is 4. The Hall–Kier alpha value is -2.30. The molecule has 2 atom stereocenters. The molecule has 0 saturated carbocycles. The lowest BCUT2D eigenvalue weighted by Gasteiger charge is -2.40. The molecule has 4 aromatic carbocycles. The Morgan fingerprint density at radius 1 is 0.559 bits per heavy atom. The smallest absolute Gasteiger partial charge is 0.0321 e. The number of hydrogen-bond donors (Lipinski definition) is 0. The maximum absolute atomic E-state index is 2.87. The fourth-order valence-corrected chi connectivity index (χ4v) is 13.3. The van der Waals surface area contributed by atoms with Gasteiger partial charge in [-0.2, -0.15) is 0 Å². The summed E-state index contributed by atoms with van der Waals surface area (Å²) in [6, 6.07) is 41.2. The van der Waals surface area contributed by atoms with Gasteiger partial charge in [0, 0.05) is 19.4 Å². The van der Waals surface area contributed by atoms with E-state index in [9.17, 15) is 0 Å². The highest BCUT2D eigenvalue weighted by atomic mass is 31.2. The van der Waals surface area contributed by atoms with Crippen LogP contribution in [0.1, 0.15) is 46.4 Å².